The Hall–Kier alpha value is -2.69. The van der Waals surface area contributed by atoms with E-state index >= 15 is 0 Å². The molecule has 1 aromatic heterocycles. The van der Waals surface area contributed by atoms with Gasteiger partial charge in [0, 0.05) is 70.2 Å². The molecule has 0 N–H and O–H groups in total. The van der Waals surface area contributed by atoms with Crippen molar-refractivity contribution < 1.29 is 22.7 Å². The number of sulfonamides is 1. The number of piperazine rings is 1. The standard InChI is InChI=1S/C24H32N4O5S/c1-32-22-6-5-21(16-23(22)33-2)34(30,31)28-10-7-20(8-11-28)24(29)27-14-12-26(13-15-27)18-19-4-3-9-25-17-19/h3-6,9,16-17,20H,7-8,10-15,18H2,1-2H3. The smallest absolute Gasteiger partial charge is 0.243 e. The number of pyridine rings is 1. The van der Waals surface area contributed by atoms with Crippen LogP contribution in [0.4, 0.5) is 0 Å². The fourth-order valence-corrected chi connectivity index (χ4v) is 6.09. The Morgan fingerprint density at radius 2 is 1.71 bits per heavy atom. The lowest BCUT2D eigenvalue weighted by molar-refractivity contribution is -0.138. The molecule has 184 valence electrons. The lowest BCUT2D eigenvalue weighted by Crippen LogP contribution is -2.51. The van der Waals surface area contributed by atoms with Crippen molar-refractivity contribution in [1.29, 1.82) is 0 Å². The van der Waals surface area contributed by atoms with Crippen LogP contribution in [0.25, 0.3) is 0 Å². The average Bonchev–Trinajstić information content (AvgIpc) is 2.89. The highest BCUT2D eigenvalue weighted by Crippen LogP contribution is 2.32. The maximum absolute atomic E-state index is 13.1. The van der Waals surface area contributed by atoms with Gasteiger partial charge in [-0.25, -0.2) is 8.42 Å². The predicted molar refractivity (Wildman–Crippen MR) is 127 cm³/mol. The van der Waals surface area contributed by atoms with Crippen LogP contribution >= 0.6 is 0 Å². The number of carbonyl (C=O) groups excluding carboxylic acids is 1. The summed E-state index contributed by atoms with van der Waals surface area (Å²) >= 11 is 0. The molecular weight excluding hydrogens is 456 g/mol. The van der Waals surface area contributed by atoms with Crippen molar-refractivity contribution in [3.8, 4) is 11.5 Å². The molecule has 2 aromatic rings. The van der Waals surface area contributed by atoms with E-state index in [1.54, 1.807) is 12.3 Å². The molecule has 2 saturated heterocycles. The van der Waals surface area contributed by atoms with Crippen molar-refractivity contribution >= 4 is 15.9 Å². The van der Waals surface area contributed by atoms with Gasteiger partial charge in [0.1, 0.15) is 0 Å². The summed E-state index contributed by atoms with van der Waals surface area (Å²) in [5.74, 6) is 0.855. The Balaban J connectivity index is 1.30. The van der Waals surface area contributed by atoms with Crippen LogP contribution < -0.4 is 9.47 Å². The lowest BCUT2D eigenvalue weighted by Gasteiger charge is -2.38. The van der Waals surface area contributed by atoms with Gasteiger partial charge in [0.15, 0.2) is 11.5 Å². The van der Waals surface area contributed by atoms with E-state index in [0.717, 1.165) is 19.6 Å². The molecule has 9 nitrogen and oxygen atoms in total. The van der Waals surface area contributed by atoms with E-state index in [1.807, 2.05) is 17.2 Å². The van der Waals surface area contributed by atoms with Gasteiger partial charge in [-0.05, 0) is 36.6 Å². The zero-order chi connectivity index (χ0) is 24.1. The number of nitrogens with zero attached hydrogens (tertiary/aromatic N) is 4. The minimum atomic E-state index is -3.67. The SMILES string of the molecule is COc1ccc(S(=O)(=O)N2CCC(C(=O)N3CCN(Cc4cccnc4)CC3)CC2)cc1OC. The molecule has 1 aromatic carbocycles. The second-order valence-electron chi connectivity index (χ2n) is 8.66. The van der Waals surface area contributed by atoms with Crippen LogP contribution in [0.15, 0.2) is 47.6 Å². The summed E-state index contributed by atoms with van der Waals surface area (Å²) in [7, 11) is -0.685. The fourth-order valence-electron chi connectivity index (χ4n) is 4.60. The first-order chi connectivity index (χ1) is 16.4. The van der Waals surface area contributed by atoms with Crippen molar-refractivity contribution in [2.75, 3.05) is 53.5 Å². The molecule has 3 heterocycles. The van der Waals surface area contributed by atoms with Crippen molar-refractivity contribution in [3.05, 3.63) is 48.3 Å². The summed E-state index contributed by atoms with van der Waals surface area (Å²) < 4.78 is 38.2. The summed E-state index contributed by atoms with van der Waals surface area (Å²) in [5.41, 5.74) is 1.17. The maximum Gasteiger partial charge on any atom is 0.243 e. The fraction of sp³-hybridized carbons (Fsp3) is 0.500. The van der Waals surface area contributed by atoms with Crippen LogP contribution in [-0.2, 0) is 21.4 Å². The third-order valence-electron chi connectivity index (χ3n) is 6.61. The Kier molecular flexibility index (Phi) is 7.70. The van der Waals surface area contributed by atoms with Crippen LogP contribution in [-0.4, -0.2) is 86.9 Å². The molecule has 2 fully saturated rings. The van der Waals surface area contributed by atoms with Crippen LogP contribution in [0.1, 0.15) is 18.4 Å². The van der Waals surface area contributed by atoms with E-state index in [2.05, 4.69) is 16.0 Å². The van der Waals surface area contributed by atoms with Crippen molar-refractivity contribution in [2.45, 2.75) is 24.3 Å². The first-order valence-corrected chi connectivity index (χ1v) is 13.0. The monoisotopic (exact) mass is 488 g/mol. The number of rotatable bonds is 7. The molecule has 2 aliphatic rings. The van der Waals surface area contributed by atoms with Crippen LogP contribution in [0.2, 0.25) is 0 Å². The van der Waals surface area contributed by atoms with Crippen molar-refractivity contribution in [2.24, 2.45) is 5.92 Å². The number of benzene rings is 1. The third-order valence-corrected chi connectivity index (χ3v) is 8.50. The van der Waals surface area contributed by atoms with Gasteiger partial charge in [0.25, 0.3) is 0 Å². The molecule has 2 aliphatic heterocycles. The summed E-state index contributed by atoms with van der Waals surface area (Å²) in [5, 5.41) is 0. The van der Waals surface area contributed by atoms with E-state index in [9.17, 15) is 13.2 Å². The van der Waals surface area contributed by atoms with Crippen molar-refractivity contribution in [3.63, 3.8) is 0 Å². The third kappa shape index (κ3) is 5.34. The molecule has 0 bridgehead atoms. The Morgan fingerprint density at radius 3 is 2.32 bits per heavy atom. The summed E-state index contributed by atoms with van der Waals surface area (Å²) in [6.07, 6.45) is 4.70. The molecule has 0 radical (unpaired) electrons. The molecule has 34 heavy (non-hydrogen) atoms. The molecule has 0 saturated carbocycles. The van der Waals surface area contributed by atoms with Gasteiger partial charge >= 0.3 is 0 Å². The van der Waals surface area contributed by atoms with Gasteiger partial charge in [0.05, 0.1) is 19.1 Å². The van der Waals surface area contributed by atoms with Gasteiger partial charge in [0.2, 0.25) is 15.9 Å². The van der Waals surface area contributed by atoms with Gasteiger partial charge in [-0.1, -0.05) is 6.07 Å². The first kappa shape index (κ1) is 24.4. The highest BCUT2D eigenvalue weighted by molar-refractivity contribution is 7.89. The first-order valence-electron chi connectivity index (χ1n) is 11.5. The number of hydrogen-bond acceptors (Lipinski definition) is 7. The van der Waals surface area contributed by atoms with Gasteiger partial charge in [-0.2, -0.15) is 4.31 Å². The lowest BCUT2D eigenvalue weighted by atomic mass is 9.96. The number of methoxy groups -OCH3 is 2. The van der Waals surface area contributed by atoms with Gasteiger partial charge in [-0.3, -0.25) is 14.7 Å². The Labute approximate surface area is 201 Å². The zero-order valence-electron chi connectivity index (χ0n) is 19.7. The maximum atomic E-state index is 13.1. The summed E-state index contributed by atoms with van der Waals surface area (Å²) in [4.78, 5) is 21.7. The van der Waals surface area contributed by atoms with E-state index in [-0.39, 0.29) is 16.7 Å². The topological polar surface area (TPSA) is 92.3 Å². The number of ether oxygens (including phenoxy) is 2. The number of aromatic nitrogens is 1. The second kappa shape index (κ2) is 10.7. The molecule has 4 rings (SSSR count). The molecule has 0 atom stereocenters. The van der Waals surface area contributed by atoms with E-state index in [4.69, 9.17) is 9.47 Å². The molecule has 10 heteroatoms. The molecule has 0 unspecified atom stereocenters. The van der Waals surface area contributed by atoms with Gasteiger partial charge < -0.3 is 14.4 Å². The van der Waals surface area contributed by atoms with Crippen LogP contribution in [0.3, 0.4) is 0 Å². The Bertz CT molecular complexity index is 1080. The average molecular weight is 489 g/mol. The Morgan fingerprint density at radius 1 is 1.00 bits per heavy atom. The molecular formula is C24H32N4O5S. The summed E-state index contributed by atoms with van der Waals surface area (Å²) in [6, 6.07) is 8.60. The number of carbonyl (C=O) groups is 1. The molecule has 1 amide bonds. The summed E-state index contributed by atoms with van der Waals surface area (Å²) in [6.45, 7) is 4.54. The predicted octanol–water partition coefficient (Wildman–Crippen LogP) is 1.84. The molecule has 0 aliphatic carbocycles. The molecule has 0 spiro atoms. The highest BCUT2D eigenvalue weighted by Gasteiger charge is 2.35. The minimum absolute atomic E-state index is 0.137. The van der Waals surface area contributed by atoms with Gasteiger partial charge in [-0.15, -0.1) is 0 Å². The largest absolute Gasteiger partial charge is 0.493 e. The van der Waals surface area contributed by atoms with Crippen LogP contribution in [0, 0.1) is 5.92 Å². The number of piperidine rings is 1. The van der Waals surface area contributed by atoms with Crippen molar-refractivity contribution in [1.82, 2.24) is 19.1 Å². The highest BCUT2D eigenvalue weighted by atomic mass is 32.2. The minimum Gasteiger partial charge on any atom is -0.493 e. The zero-order valence-corrected chi connectivity index (χ0v) is 20.5. The van der Waals surface area contributed by atoms with E-state index in [0.29, 0.717) is 50.5 Å². The van der Waals surface area contributed by atoms with E-state index < -0.39 is 10.0 Å². The number of hydrogen-bond donors (Lipinski definition) is 0. The van der Waals surface area contributed by atoms with E-state index in [1.165, 1.54) is 36.2 Å². The second-order valence-corrected chi connectivity index (χ2v) is 10.6. The quantitative estimate of drug-likeness (QED) is 0.587. The number of amides is 1. The van der Waals surface area contributed by atoms with Crippen LogP contribution in [0.5, 0.6) is 11.5 Å². The normalized spacial score (nSPS) is 18.6.